The topological polar surface area (TPSA) is 111 Å². The lowest BCUT2D eigenvalue weighted by Crippen LogP contribution is -2.49. The summed E-state index contributed by atoms with van der Waals surface area (Å²) in [6.07, 6.45) is 0.407. The third-order valence-electron chi connectivity index (χ3n) is 8.51. The first-order valence-electron chi connectivity index (χ1n) is 15.7. The molecule has 1 saturated heterocycles. The molecule has 0 radical (unpaired) electrons. The van der Waals surface area contributed by atoms with E-state index >= 15 is 0 Å². The van der Waals surface area contributed by atoms with Gasteiger partial charge in [-0.25, -0.2) is 13.2 Å². The molecule has 0 aliphatic carbocycles. The number of amides is 1. The van der Waals surface area contributed by atoms with E-state index in [0.29, 0.717) is 64.6 Å². The van der Waals surface area contributed by atoms with Crippen LogP contribution in [0.2, 0.25) is 0 Å². The molecule has 1 fully saturated rings. The highest BCUT2D eigenvalue weighted by atomic mass is 79.9. The maximum absolute atomic E-state index is 14.7. The van der Waals surface area contributed by atoms with Gasteiger partial charge in [-0.1, -0.05) is 24.3 Å². The van der Waals surface area contributed by atoms with Gasteiger partial charge in [0.2, 0.25) is 0 Å². The standard InChI is InChI=1S/C36H33BrN4O5S3/c1-3-46-36(43)33-24(2)28-22-27(12-13-32(28)48-33)49(44,45)41(16-14-25-8-10-26(23-38)11-9-25)31-7-5-4-6-30(31)39-17-19-40(20-18-39)35(42)34-29(37)15-21-47-34/h4-13,15,21-22H,3,14,16-20H2,1-2H3. The number of piperazine rings is 1. The van der Waals surface area contributed by atoms with Crippen molar-refractivity contribution >= 4 is 82.0 Å². The molecule has 0 N–H and O–H groups in total. The van der Waals surface area contributed by atoms with E-state index in [9.17, 15) is 23.3 Å². The first-order valence-corrected chi connectivity index (χ1v) is 19.6. The second kappa shape index (κ2) is 14.7. The number of halogens is 1. The maximum Gasteiger partial charge on any atom is 0.348 e. The SMILES string of the molecule is CCOC(=O)c1sc2ccc(S(=O)(=O)N(CCc3ccc(C#N)cc3)c3ccccc3N3CCN(C(=O)c4sccc4Br)CC3)cc2c1C. The number of carbonyl (C=O) groups excluding carboxylic acids is 2. The van der Waals surface area contributed by atoms with Crippen LogP contribution in [0.5, 0.6) is 0 Å². The Balaban J connectivity index is 1.35. The van der Waals surface area contributed by atoms with Crippen molar-refractivity contribution in [2.24, 2.45) is 0 Å². The van der Waals surface area contributed by atoms with E-state index in [1.165, 1.54) is 27.0 Å². The molecule has 0 spiro atoms. The van der Waals surface area contributed by atoms with Crippen LogP contribution in [0.3, 0.4) is 0 Å². The Morgan fingerprint density at radius 1 is 1.00 bits per heavy atom. The molecule has 0 atom stereocenters. The van der Waals surface area contributed by atoms with Gasteiger partial charge in [0.15, 0.2) is 0 Å². The number of thiophene rings is 2. The Kier molecular flexibility index (Phi) is 10.4. The van der Waals surface area contributed by atoms with Crippen molar-refractivity contribution in [1.82, 2.24) is 4.90 Å². The molecule has 0 bridgehead atoms. The van der Waals surface area contributed by atoms with Crippen LogP contribution in [0.4, 0.5) is 11.4 Å². The van der Waals surface area contributed by atoms with Crippen molar-refractivity contribution in [2.75, 3.05) is 48.5 Å². The highest BCUT2D eigenvalue weighted by Gasteiger charge is 2.31. The number of carbonyl (C=O) groups is 2. The number of aryl methyl sites for hydroxylation is 1. The van der Waals surface area contributed by atoms with Crippen LogP contribution in [0.25, 0.3) is 10.1 Å². The molecular weight excluding hydrogens is 745 g/mol. The minimum atomic E-state index is -4.11. The molecule has 1 aliphatic rings. The number of fused-ring (bicyclic) bond motifs is 1. The molecule has 2 aromatic heterocycles. The van der Waals surface area contributed by atoms with E-state index in [0.717, 1.165) is 20.4 Å². The van der Waals surface area contributed by atoms with E-state index < -0.39 is 16.0 Å². The predicted molar refractivity (Wildman–Crippen MR) is 198 cm³/mol. The molecule has 3 aromatic carbocycles. The lowest BCUT2D eigenvalue weighted by molar-refractivity contribution is 0.0531. The van der Waals surface area contributed by atoms with Crippen LogP contribution in [-0.4, -0.2) is 64.5 Å². The zero-order chi connectivity index (χ0) is 34.7. The first kappa shape index (κ1) is 34.6. The summed E-state index contributed by atoms with van der Waals surface area (Å²) in [5.74, 6) is -0.444. The van der Waals surface area contributed by atoms with Gasteiger partial charge >= 0.3 is 5.97 Å². The summed E-state index contributed by atoms with van der Waals surface area (Å²) in [6.45, 7) is 6.00. The predicted octanol–water partition coefficient (Wildman–Crippen LogP) is 7.48. The second-order valence-electron chi connectivity index (χ2n) is 11.4. The smallest absolute Gasteiger partial charge is 0.348 e. The third kappa shape index (κ3) is 7.10. The highest BCUT2D eigenvalue weighted by molar-refractivity contribution is 9.10. The summed E-state index contributed by atoms with van der Waals surface area (Å²) in [5.41, 5.74) is 3.40. The Labute approximate surface area is 302 Å². The van der Waals surface area contributed by atoms with Crippen LogP contribution < -0.4 is 9.21 Å². The zero-order valence-corrected chi connectivity index (χ0v) is 30.9. The minimum absolute atomic E-state index is 0.0216. The van der Waals surface area contributed by atoms with Crippen LogP contribution in [0.1, 0.15) is 43.0 Å². The molecule has 9 nitrogen and oxygen atoms in total. The van der Waals surface area contributed by atoms with E-state index in [-0.39, 0.29) is 24.0 Å². The average Bonchev–Trinajstić information content (AvgIpc) is 3.70. The average molecular weight is 778 g/mol. The summed E-state index contributed by atoms with van der Waals surface area (Å²) in [5, 5.41) is 11.8. The van der Waals surface area contributed by atoms with Gasteiger partial charge < -0.3 is 14.5 Å². The van der Waals surface area contributed by atoms with Gasteiger partial charge in [0.1, 0.15) is 9.75 Å². The van der Waals surface area contributed by atoms with Gasteiger partial charge in [0.25, 0.3) is 15.9 Å². The van der Waals surface area contributed by atoms with Crippen LogP contribution in [0.15, 0.2) is 87.5 Å². The maximum atomic E-state index is 14.7. The quantitative estimate of drug-likeness (QED) is 0.135. The molecule has 49 heavy (non-hydrogen) atoms. The number of esters is 1. The number of para-hydroxylation sites is 2. The van der Waals surface area contributed by atoms with E-state index in [4.69, 9.17) is 4.74 Å². The van der Waals surface area contributed by atoms with Crippen molar-refractivity contribution in [3.63, 3.8) is 0 Å². The number of benzene rings is 3. The summed E-state index contributed by atoms with van der Waals surface area (Å²) in [4.78, 5) is 31.0. The van der Waals surface area contributed by atoms with Crippen LogP contribution in [-0.2, 0) is 21.2 Å². The van der Waals surface area contributed by atoms with Gasteiger partial charge in [-0.3, -0.25) is 9.10 Å². The summed E-state index contributed by atoms with van der Waals surface area (Å²) in [7, 11) is -4.11. The fourth-order valence-electron chi connectivity index (χ4n) is 5.91. The third-order valence-corrected chi connectivity index (χ3v) is 13.4. The van der Waals surface area contributed by atoms with Crippen molar-refractivity contribution in [3.8, 4) is 6.07 Å². The molecule has 1 amide bonds. The molecule has 252 valence electrons. The first-order chi connectivity index (χ1) is 23.6. The molecule has 1 aliphatic heterocycles. The second-order valence-corrected chi connectivity index (χ2v) is 16.1. The molecule has 6 rings (SSSR count). The lowest BCUT2D eigenvalue weighted by Gasteiger charge is -2.38. The van der Waals surface area contributed by atoms with Crippen molar-refractivity contribution in [3.05, 3.63) is 109 Å². The van der Waals surface area contributed by atoms with E-state index in [1.54, 1.807) is 44.2 Å². The van der Waals surface area contributed by atoms with Crippen LogP contribution >= 0.6 is 38.6 Å². The molecule has 13 heteroatoms. The van der Waals surface area contributed by atoms with Gasteiger partial charge in [0, 0.05) is 41.9 Å². The van der Waals surface area contributed by atoms with Crippen molar-refractivity contribution in [1.29, 1.82) is 5.26 Å². The molecule has 0 unspecified atom stereocenters. The number of ether oxygens (including phenoxy) is 1. The number of anilines is 2. The van der Waals surface area contributed by atoms with Gasteiger partial charge in [-0.2, -0.15) is 5.26 Å². The van der Waals surface area contributed by atoms with Crippen molar-refractivity contribution < 1.29 is 22.7 Å². The summed E-state index contributed by atoms with van der Waals surface area (Å²) >= 11 is 6.16. The highest BCUT2D eigenvalue weighted by Crippen LogP contribution is 2.37. The van der Waals surface area contributed by atoms with E-state index in [2.05, 4.69) is 26.9 Å². The lowest BCUT2D eigenvalue weighted by atomic mass is 10.1. The zero-order valence-electron chi connectivity index (χ0n) is 26.9. The number of hydrogen-bond donors (Lipinski definition) is 0. The Morgan fingerprint density at radius 2 is 1.73 bits per heavy atom. The minimum Gasteiger partial charge on any atom is -0.462 e. The normalized spacial score (nSPS) is 13.3. The Hall–Kier alpha value is -4.22. The largest absolute Gasteiger partial charge is 0.462 e. The molecular formula is C36H33BrN4O5S3. The Bertz CT molecular complexity index is 2160. The van der Waals surface area contributed by atoms with Crippen molar-refractivity contribution in [2.45, 2.75) is 25.2 Å². The number of nitriles is 1. The monoisotopic (exact) mass is 776 g/mol. The fraction of sp³-hybridized carbons (Fsp3) is 0.250. The Morgan fingerprint density at radius 3 is 2.41 bits per heavy atom. The fourth-order valence-corrected chi connectivity index (χ4v) is 10.0. The summed E-state index contributed by atoms with van der Waals surface area (Å²) < 4.78 is 37.7. The number of rotatable bonds is 10. The molecule has 0 saturated carbocycles. The number of hydrogen-bond acceptors (Lipinski definition) is 9. The van der Waals surface area contributed by atoms with Crippen LogP contribution in [0, 0.1) is 18.3 Å². The van der Waals surface area contributed by atoms with Gasteiger partial charge in [0.05, 0.1) is 34.5 Å². The van der Waals surface area contributed by atoms with E-state index in [1.807, 2.05) is 52.7 Å². The molecule has 5 aromatic rings. The molecule has 3 heterocycles. The van der Waals surface area contributed by atoms with Gasteiger partial charge in [-0.15, -0.1) is 22.7 Å². The number of nitrogens with zero attached hydrogens (tertiary/aromatic N) is 4. The summed E-state index contributed by atoms with van der Waals surface area (Å²) in [6, 6.07) is 23.6. The number of sulfonamides is 1. The van der Waals surface area contributed by atoms with Gasteiger partial charge in [-0.05, 0) is 107 Å².